The fourth-order valence-corrected chi connectivity index (χ4v) is 3.76. The summed E-state index contributed by atoms with van der Waals surface area (Å²) in [5.41, 5.74) is 2.27. The zero-order valence-electron chi connectivity index (χ0n) is 18.7. The van der Waals surface area contributed by atoms with Crippen molar-refractivity contribution in [3.8, 4) is 17.0 Å². The van der Waals surface area contributed by atoms with Gasteiger partial charge in [0.2, 0.25) is 5.88 Å². The zero-order chi connectivity index (χ0) is 22.9. The van der Waals surface area contributed by atoms with Crippen LogP contribution in [-0.4, -0.2) is 59.3 Å². The zero-order valence-corrected chi connectivity index (χ0v) is 19.6. The van der Waals surface area contributed by atoms with Crippen LogP contribution in [0.5, 0.6) is 5.88 Å². The average molecular weight is 454 g/mol. The van der Waals surface area contributed by atoms with Crippen molar-refractivity contribution in [1.29, 1.82) is 0 Å². The number of benzene rings is 1. The Kier molecular flexibility index (Phi) is 6.21. The molecule has 168 valence electrons. The number of hydrogen-bond donors (Lipinski definition) is 1. The number of hydrogen-bond acceptors (Lipinski definition) is 9. The van der Waals surface area contributed by atoms with Crippen molar-refractivity contribution in [2.24, 2.45) is 5.41 Å². The highest BCUT2D eigenvalue weighted by atomic mass is 32.1. The molecule has 1 aliphatic rings. The molecule has 0 bridgehead atoms. The topological polar surface area (TPSA) is 80.7 Å². The molecule has 1 aromatic carbocycles. The molecule has 8 nitrogen and oxygen atoms in total. The van der Waals surface area contributed by atoms with Gasteiger partial charge in [0.15, 0.2) is 0 Å². The molecule has 0 amide bonds. The molecule has 3 aromatic rings. The van der Waals surface area contributed by atoms with Gasteiger partial charge in [0, 0.05) is 30.2 Å². The van der Waals surface area contributed by atoms with E-state index in [-0.39, 0.29) is 5.97 Å². The molecular weight excluding hydrogens is 426 g/mol. The molecule has 0 aliphatic carbocycles. The smallest absolute Gasteiger partial charge is 0.330 e. The molecule has 0 atom stereocenters. The first-order valence-electron chi connectivity index (χ1n) is 10.5. The Morgan fingerprint density at radius 1 is 1.03 bits per heavy atom. The van der Waals surface area contributed by atoms with E-state index in [9.17, 15) is 4.79 Å². The summed E-state index contributed by atoms with van der Waals surface area (Å²) in [6.45, 7) is 8.16. The van der Waals surface area contributed by atoms with Crippen LogP contribution >= 0.6 is 12.6 Å². The number of rotatable bonds is 4. The number of hydroxylamine groups is 2. The summed E-state index contributed by atoms with van der Waals surface area (Å²) in [4.78, 5) is 33.9. The van der Waals surface area contributed by atoms with Crippen molar-refractivity contribution in [2.75, 3.05) is 38.2 Å². The van der Waals surface area contributed by atoms with Gasteiger partial charge in [-0.25, -0.2) is 19.7 Å². The lowest BCUT2D eigenvalue weighted by Gasteiger charge is -2.35. The van der Waals surface area contributed by atoms with Gasteiger partial charge < -0.3 is 14.5 Å². The van der Waals surface area contributed by atoms with Crippen LogP contribution < -0.4 is 9.64 Å². The molecule has 9 heteroatoms. The molecule has 0 unspecified atom stereocenters. The van der Waals surface area contributed by atoms with Gasteiger partial charge in [0.05, 0.1) is 36.0 Å². The van der Waals surface area contributed by atoms with E-state index in [1.54, 1.807) is 24.7 Å². The number of carbonyl (C=O) groups excluding carboxylic acids is 1. The third kappa shape index (κ3) is 4.63. The molecule has 4 rings (SSSR count). The van der Waals surface area contributed by atoms with Crippen LogP contribution in [0.25, 0.3) is 22.0 Å². The van der Waals surface area contributed by atoms with E-state index in [0.717, 1.165) is 27.8 Å². The predicted molar refractivity (Wildman–Crippen MR) is 126 cm³/mol. The highest BCUT2D eigenvalue weighted by molar-refractivity contribution is 7.80. The Balaban J connectivity index is 1.57. The van der Waals surface area contributed by atoms with E-state index in [2.05, 4.69) is 38.5 Å². The third-order valence-electron chi connectivity index (χ3n) is 5.34. The lowest BCUT2D eigenvalue weighted by Crippen LogP contribution is -2.48. The Morgan fingerprint density at radius 2 is 1.78 bits per heavy atom. The van der Waals surface area contributed by atoms with Crippen LogP contribution in [0.2, 0.25) is 0 Å². The summed E-state index contributed by atoms with van der Waals surface area (Å²) >= 11 is 4.46. The molecular formula is C23H27N5O3S. The number of ether oxygens (including phenoxy) is 1. The van der Waals surface area contributed by atoms with Gasteiger partial charge in [-0.2, -0.15) is 0 Å². The Hall–Kier alpha value is -2.91. The Morgan fingerprint density at radius 3 is 2.44 bits per heavy atom. The third-order valence-corrected chi connectivity index (χ3v) is 5.66. The molecule has 1 fully saturated rings. The first-order chi connectivity index (χ1) is 15.3. The first-order valence-corrected chi connectivity index (χ1v) is 10.9. The molecule has 0 radical (unpaired) electrons. The van der Waals surface area contributed by atoms with Crippen molar-refractivity contribution in [3.05, 3.63) is 36.8 Å². The lowest BCUT2D eigenvalue weighted by molar-refractivity contribution is -0.201. The van der Waals surface area contributed by atoms with Gasteiger partial charge >= 0.3 is 5.97 Å². The van der Waals surface area contributed by atoms with Crippen LogP contribution in [0, 0.1) is 5.41 Å². The van der Waals surface area contributed by atoms with E-state index in [1.165, 1.54) is 0 Å². The second-order valence-corrected chi connectivity index (χ2v) is 9.21. The molecule has 1 saturated heterocycles. The second kappa shape index (κ2) is 8.91. The minimum Gasteiger partial charge on any atom is -0.480 e. The van der Waals surface area contributed by atoms with Crippen LogP contribution in [-0.2, 0) is 9.63 Å². The molecule has 0 spiro atoms. The molecule has 0 saturated carbocycles. The molecule has 3 heterocycles. The largest absolute Gasteiger partial charge is 0.480 e. The van der Waals surface area contributed by atoms with Crippen LogP contribution in [0.15, 0.2) is 41.7 Å². The average Bonchev–Trinajstić information content (AvgIpc) is 2.78. The van der Waals surface area contributed by atoms with Gasteiger partial charge in [-0.3, -0.25) is 0 Å². The maximum absolute atomic E-state index is 12.2. The minimum absolute atomic E-state index is 0.222. The quantitative estimate of drug-likeness (QED) is 0.600. The second-order valence-electron chi connectivity index (χ2n) is 8.73. The van der Waals surface area contributed by atoms with Crippen molar-refractivity contribution in [3.63, 3.8) is 0 Å². The fraction of sp³-hybridized carbons (Fsp3) is 0.391. The van der Waals surface area contributed by atoms with Crippen molar-refractivity contribution in [1.82, 2.24) is 20.0 Å². The van der Waals surface area contributed by atoms with E-state index in [4.69, 9.17) is 9.57 Å². The van der Waals surface area contributed by atoms with E-state index in [1.807, 2.05) is 39.0 Å². The number of nitrogens with zero attached hydrogens (tertiary/aromatic N) is 5. The monoisotopic (exact) mass is 453 g/mol. The first kappa shape index (κ1) is 22.3. The summed E-state index contributed by atoms with van der Waals surface area (Å²) in [5, 5.41) is 2.69. The van der Waals surface area contributed by atoms with Gasteiger partial charge in [-0.05, 0) is 44.5 Å². The molecule has 2 aromatic heterocycles. The minimum atomic E-state index is -0.528. The van der Waals surface area contributed by atoms with E-state index >= 15 is 0 Å². The predicted octanol–water partition coefficient (Wildman–Crippen LogP) is 3.62. The number of fused-ring (bicyclic) bond motifs is 1. The fourth-order valence-electron chi connectivity index (χ4n) is 3.48. The van der Waals surface area contributed by atoms with Gasteiger partial charge in [-0.15, -0.1) is 17.7 Å². The normalized spacial score (nSPS) is 15.1. The van der Waals surface area contributed by atoms with Gasteiger partial charge in [0.1, 0.15) is 12.1 Å². The highest BCUT2D eigenvalue weighted by Crippen LogP contribution is 2.31. The maximum atomic E-state index is 12.2. The number of thiol groups is 1. The highest BCUT2D eigenvalue weighted by Gasteiger charge is 2.28. The summed E-state index contributed by atoms with van der Waals surface area (Å²) in [7, 11) is 1.57. The summed E-state index contributed by atoms with van der Waals surface area (Å²) in [6, 6.07) is 8.01. The van der Waals surface area contributed by atoms with Crippen LogP contribution in [0.4, 0.5) is 5.82 Å². The number of methoxy groups -OCH3 is 1. The maximum Gasteiger partial charge on any atom is 0.330 e. The number of pyridine rings is 1. The summed E-state index contributed by atoms with van der Waals surface area (Å²) < 4.78 is 5.21. The van der Waals surface area contributed by atoms with E-state index in [0.29, 0.717) is 37.0 Å². The number of anilines is 1. The molecule has 1 aliphatic heterocycles. The lowest BCUT2D eigenvalue weighted by atomic mass is 9.98. The number of aromatic nitrogens is 3. The summed E-state index contributed by atoms with van der Waals surface area (Å²) in [6.07, 6.45) is 3.36. The number of piperazine rings is 1. The van der Waals surface area contributed by atoms with Crippen molar-refractivity contribution < 1.29 is 14.4 Å². The summed E-state index contributed by atoms with van der Waals surface area (Å²) in [5.74, 6) is 1.14. The Labute approximate surface area is 192 Å². The Bertz CT molecular complexity index is 1140. The van der Waals surface area contributed by atoms with Crippen molar-refractivity contribution >= 4 is 35.3 Å². The number of carbonyl (C=O) groups is 1. The molecule has 0 N–H and O–H groups in total. The molecule has 32 heavy (non-hydrogen) atoms. The SMILES string of the molecule is COc1ncc(-c2ccc3ncnc(N4CCN(OC(=O)C(C)(C)C)CC4)c3c2)cc1S. The van der Waals surface area contributed by atoms with Crippen LogP contribution in [0.3, 0.4) is 0 Å². The van der Waals surface area contributed by atoms with Gasteiger partial charge in [0.25, 0.3) is 0 Å². The van der Waals surface area contributed by atoms with E-state index < -0.39 is 5.41 Å². The van der Waals surface area contributed by atoms with Crippen LogP contribution in [0.1, 0.15) is 20.8 Å². The van der Waals surface area contributed by atoms with Gasteiger partial charge in [-0.1, -0.05) is 6.07 Å². The standard InChI is InChI=1S/C23H27N5O3S/c1-23(2,3)22(29)31-28-9-7-27(8-10-28)20-17-11-15(5-6-18(17)25-14-26-20)16-12-19(32)21(30-4)24-13-16/h5-6,11-14,32H,7-10H2,1-4H3. The van der Waals surface area contributed by atoms with Crippen molar-refractivity contribution in [2.45, 2.75) is 25.7 Å².